The molecule has 2 heterocycles. The molecule has 1 aromatic heterocycles. The molecule has 1 aliphatic heterocycles. The fourth-order valence-corrected chi connectivity index (χ4v) is 3.36. The SMILES string of the molecule is C=CN1CCCC(NC(=C)NCc2cc3cc(OC)c(C#N)cc3[nH]2)C1.CN. The van der Waals surface area contributed by atoms with E-state index < -0.39 is 0 Å². The van der Waals surface area contributed by atoms with Crippen LogP contribution < -0.4 is 21.1 Å². The van der Waals surface area contributed by atoms with Crippen LogP contribution in [0, 0.1) is 11.3 Å². The summed E-state index contributed by atoms with van der Waals surface area (Å²) in [5.41, 5.74) is 6.97. The van der Waals surface area contributed by atoms with Crippen LogP contribution in [-0.2, 0) is 6.54 Å². The maximum Gasteiger partial charge on any atom is 0.137 e. The first-order valence-corrected chi connectivity index (χ1v) is 9.36. The van der Waals surface area contributed by atoms with Gasteiger partial charge < -0.3 is 31.0 Å². The van der Waals surface area contributed by atoms with Gasteiger partial charge in [-0.3, -0.25) is 0 Å². The van der Waals surface area contributed by atoms with E-state index in [1.807, 2.05) is 18.3 Å². The average Bonchev–Trinajstić information content (AvgIpc) is 3.14. The van der Waals surface area contributed by atoms with Crippen LogP contribution in [0.2, 0.25) is 0 Å². The molecule has 1 atom stereocenters. The number of piperidine rings is 1. The molecule has 1 aromatic carbocycles. The molecule has 0 bridgehead atoms. The molecule has 28 heavy (non-hydrogen) atoms. The predicted molar refractivity (Wildman–Crippen MR) is 114 cm³/mol. The lowest BCUT2D eigenvalue weighted by Crippen LogP contribution is -2.44. The number of fused-ring (bicyclic) bond motifs is 1. The van der Waals surface area contributed by atoms with Gasteiger partial charge in [-0.15, -0.1) is 0 Å². The third-order valence-electron chi connectivity index (χ3n) is 4.70. The normalized spacial score (nSPS) is 15.8. The Balaban J connectivity index is 0.00000136. The minimum atomic E-state index is 0.381. The van der Waals surface area contributed by atoms with Crippen molar-refractivity contribution in [2.24, 2.45) is 5.73 Å². The Morgan fingerprint density at radius 1 is 1.46 bits per heavy atom. The Hall–Kier alpha value is -3.11. The first-order valence-electron chi connectivity index (χ1n) is 9.36. The highest BCUT2D eigenvalue weighted by molar-refractivity contribution is 5.84. The number of aromatic nitrogens is 1. The number of nitriles is 1. The number of benzene rings is 1. The third kappa shape index (κ3) is 5.21. The molecule has 0 amide bonds. The van der Waals surface area contributed by atoms with E-state index in [2.05, 4.69) is 51.5 Å². The number of nitrogens with two attached hydrogens (primary N) is 1. The first-order chi connectivity index (χ1) is 13.6. The lowest BCUT2D eigenvalue weighted by Gasteiger charge is -2.33. The van der Waals surface area contributed by atoms with E-state index in [4.69, 9.17) is 4.74 Å². The zero-order chi connectivity index (χ0) is 20.5. The molecular weight excluding hydrogens is 352 g/mol. The van der Waals surface area contributed by atoms with Crippen LogP contribution in [0.4, 0.5) is 0 Å². The number of hydrogen-bond donors (Lipinski definition) is 4. The van der Waals surface area contributed by atoms with Crippen molar-refractivity contribution in [2.75, 3.05) is 27.2 Å². The molecule has 2 aromatic rings. The summed E-state index contributed by atoms with van der Waals surface area (Å²) in [4.78, 5) is 5.57. The molecule has 7 heteroatoms. The number of H-pyrrole nitrogens is 1. The number of methoxy groups -OCH3 is 1. The Morgan fingerprint density at radius 2 is 2.25 bits per heavy atom. The Kier molecular flexibility index (Phi) is 7.78. The highest BCUT2D eigenvalue weighted by Gasteiger charge is 2.17. The molecular formula is C21H30N6O. The molecule has 0 aliphatic carbocycles. The van der Waals surface area contributed by atoms with E-state index >= 15 is 0 Å². The standard InChI is InChI=1S/C20H25N5O.CH5N/c1-4-25-7-5-6-17(13-25)23-14(2)22-12-18-8-15-10-20(26-3)16(11-21)9-19(15)24-18;1-2/h4,8-10,17,22-24H,1-2,5-7,12-13H2,3H3;2H2,1H3. The first kappa shape index (κ1) is 21.2. The van der Waals surface area contributed by atoms with Gasteiger partial charge in [0.1, 0.15) is 11.8 Å². The minimum absolute atomic E-state index is 0.381. The highest BCUT2D eigenvalue weighted by Crippen LogP contribution is 2.25. The number of likely N-dealkylation sites (tertiary alicyclic amines) is 1. The van der Waals surface area contributed by atoms with Crippen molar-refractivity contribution in [3.63, 3.8) is 0 Å². The Labute approximate surface area is 166 Å². The molecule has 0 radical (unpaired) electrons. The Bertz CT molecular complexity index is 850. The van der Waals surface area contributed by atoms with Crippen LogP contribution in [0.15, 0.2) is 43.4 Å². The second-order valence-corrected chi connectivity index (χ2v) is 6.54. The van der Waals surface area contributed by atoms with E-state index in [1.54, 1.807) is 7.11 Å². The van der Waals surface area contributed by atoms with Crippen molar-refractivity contribution in [3.8, 4) is 11.8 Å². The molecule has 1 aliphatic rings. The summed E-state index contributed by atoms with van der Waals surface area (Å²) in [7, 11) is 3.07. The van der Waals surface area contributed by atoms with E-state index in [9.17, 15) is 5.26 Å². The number of nitrogens with one attached hydrogen (secondary N) is 3. The van der Waals surface area contributed by atoms with Gasteiger partial charge in [-0.1, -0.05) is 13.2 Å². The summed E-state index contributed by atoms with van der Waals surface area (Å²) < 4.78 is 5.27. The van der Waals surface area contributed by atoms with Crippen molar-refractivity contribution in [3.05, 3.63) is 54.6 Å². The van der Waals surface area contributed by atoms with Crippen molar-refractivity contribution >= 4 is 10.9 Å². The predicted octanol–water partition coefficient (Wildman–Crippen LogP) is 2.38. The maximum atomic E-state index is 9.20. The van der Waals surface area contributed by atoms with Gasteiger partial charge in [0.25, 0.3) is 0 Å². The molecule has 5 N–H and O–H groups in total. The quantitative estimate of drug-likeness (QED) is 0.586. The second kappa shape index (κ2) is 10.3. The summed E-state index contributed by atoms with van der Waals surface area (Å²) >= 11 is 0. The van der Waals surface area contributed by atoms with Gasteiger partial charge in [0.05, 0.1) is 25.0 Å². The van der Waals surface area contributed by atoms with Crippen molar-refractivity contribution in [1.29, 1.82) is 5.26 Å². The van der Waals surface area contributed by atoms with Gasteiger partial charge in [-0.2, -0.15) is 5.26 Å². The van der Waals surface area contributed by atoms with Gasteiger partial charge >= 0.3 is 0 Å². The van der Waals surface area contributed by atoms with Gasteiger partial charge in [0.15, 0.2) is 0 Å². The number of hydrogen-bond acceptors (Lipinski definition) is 6. The number of aromatic amines is 1. The van der Waals surface area contributed by atoms with Crippen molar-refractivity contribution < 1.29 is 4.74 Å². The molecule has 7 nitrogen and oxygen atoms in total. The van der Waals surface area contributed by atoms with Crippen LogP contribution >= 0.6 is 0 Å². The van der Waals surface area contributed by atoms with Crippen molar-refractivity contribution in [2.45, 2.75) is 25.4 Å². The van der Waals surface area contributed by atoms with E-state index in [0.29, 0.717) is 23.9 Å². The number of rotatable bonds is 7. The average molecular weight is 383 g/mol. The fraction of sp³-hybridized carbons (Fsp3) is 0.381. The summed E-state index contributed by atoms with van der Waals surface area (Å²) in [5, 5.41) is 17.0. The number of ether oxygens (including phenoxy) is 1. The third-order valence-corrected chi connectivity index (χ3v) is 4.70. The number of nitrogens with zero attached hydrogens (tertiary/aromatic N) is 2. The van der Waals surface area contributed by atoms with E-state index in [-0.39, 0.29) is 0 Å². The lowest BCUT2D eigenvalue weighted by molar-refractivity contribution is 0.259. The fourth-order valence-electron chi connectivity index (χ4n) is 3.36. The highest BCUT2D eigenvalue weighted by atomic mass is 16.5. The van der Waals surface area contributed by atoms with Crippen LogP contribution in [-0.4, -0.2) is 43.2 Å². The maximum absolute atomic E-state index is 9.20. The van der Waals surface area contributed by atoms with E-state index in [1.165, 1.54) is 7.05 Å². The molecule has 1 unspecified atom stereocenters. The van der Waals surface area contributed by atoms with Crippen LogP contribution in [0.3, 0.4) is 0 Å². The molecule has 0 spiro atoms. The second-order valence-electron chi connectivity index (χ2n) is 6.54. The topological polar surface area (TPSA) is 102 Å². The van der Waals surface area contributed by atoms with Crippen LogP contribution in [0.5, 0.6) is 5.75 Å². The summed E-state index contributed by atoms with van der Waals surface area (Å²) in [6.45, 7) is 10.6. The zero-order valence-corrected chi connectivity index (χ0v) is 16.7. The molecule has 150 valence electrons. The minimum Gasteiger partial charge on any atom is -0.495 e. The van der Waals surface area contributed by atoms with Crippen LogP contribution in [0.1, 0.15) is 24.1 Å². The molecule has 1 fully saturated rings. The molecule has 0 saturated carbocycles. The summed E-state index contributed by atoms with van der Waals surface area (Å²) in [5.74, 6) is 1.41. The monoisotopic (exact) mass is 382 g/mol. The smallest absolute Gasteiger partial charge is 0.137 e. The van der Waals surface area contributed by atoms with Crippen molar-refractivity contribution in [1.82, 2.24) is 20.5 Å². The summed E-state index contributed by atoms with van der Waals surface area (Å²) in [6.07, 6.45) is 4.19. The van der Waals surface area contributed by atoms with Crippen LogP contribution in [0.25, 0.3) is 10.9 Å². The van der Waals surface area contributed by atoms with Gasteiger partial charge in [0, 0.05) is 35.7 Å². The molecule has 1 saturated heterocycles. The van der Waals surface area contributed by atoms with Gasteiger partial charge in [0.2, 0.25) is 0 Å². The largest absolute Gasteiger partial charge is 0.495 e. The van der Waals surface area contributed by atoms with E-state index in [0.717, 1.165) is 48.3 Å². The Morgan fingerprint density at radius 3 is 2.93 bits per heavy atom. The lowest BCUT2D eigenvalue weighted by atomic mass is 10.1. The molecule has 3 rings (SSSR count). The van der Waals surface area contributed by atoms with Gasteiger partial charge in [-0.05, 0) is 44.3 Å². The zero-order valence-electron chi connectivity index (χ0n) is 16.7. The van der Waals surface area contributed by atoms with Gasteiger partial charge in [-0.25, -0.2) is 0 Å². The summed E-state index contributed by atoms with van der Waals surface area (Å²) in [6, 6.07) is 8.29.